The van der Waals surface area contributed by atoms with Crippen LogP contribution in [0.4, 0.5) is 17.2 Å². The van der Waals surface area contributed by atoms with E-state index < -0.39 is 0 Å². The van der Waals surface area contributed by atoms with Crippen LogP contribution < -0.4 is 16.2 Å². The Morgan fingerprint density at radius 1 is 0.955 bits per heavy atom. The third-order valence-corrected chi connectivity index (χ3v) is 8.06. The molecule has 9 nitrogen and oxygen atoms in total. The van der Waals surface area contributed by atoms with E-state index in [-0.39, 0.29) is 34.7 Å². The van der Waals surface area contributed by atoms with Crippen LogP contribution in [0.5, 0.6) is 0 Å². The number of aliphatic hydroxyl groups is 1. The molecule has 0 atom stereocenters. The Hall–Kier alpha value is -4.76. The highest BCUT2D eigenvalue weighted by molar-refractivity contribution is 6.06. The van der Waals surface area contributed by atoms with Gasteiger partial charge in [-0.15, -0.1) is 0 Å². The lowest BCUT2D eigenvalue weighted by Crippen LogP contribution is -2.40. The second-order valence-corrected chi connectivity index (χ2v) is 12.3. The molecule has 1 aliphatic heterocycles. The molecule has 9 heteroatoms. The predicted octanol–water partition coefficient (Wildman–Crippen LogP) is 5.65. The highest BCUT2D eigenvalue weighted by Gasteiger charge is 2.23. The van der Waals surface area contributed by atoms with Crippen molar-refractivity contribution in [3.63, 3.8) is 0 Å². The van der Waals surface area contributed by atoms with Crippen LogP contribution in [0.15, 0.2) is 77.7 Å². The van der Waals surface area contributed by atoms with Gasteiger partial charge in [0.05, 0.1) is 11.8 Å². The average Bonchev–Trinajstić information content (AvgIpc) is 3.00. The number of anilines is 3. The quantitative estimate of drug-likeness (QED) is 0.266. The minimum atomic E-state index is -0.350. The molecule has 0 aliphatic carbocycles. The molecule has 0 saturated carbocycles. The molecule has 1 fully saturated rings. The van der Waals surface area contributed by atoms with Crippen LogP contribution in [0.25, 0.3) is 11.3 Å². The lowest BCUT2D eigenvalue weighted by molar-refractivity contribution is 0.0546. The lowest BCUT2D eigenvalue weighted by atomic mass is 9.83. The van der Waals surface area contributed by atoms with Crippen LogP contribution in [-0.2, 0) is 12.5 Å². The van der Waals surface area contributed by atoms with E-state index in [1.807, 2.05) is 49.4 Å². The van der Waals surface area contributed by atoms with Crippen molar-refractivity contribution in [1.29, 1.82) is 0 Å². The zero-order chi connectivity index (χ0) is 31.6. The largest absolute Gasteiger partial charge is 0.393 e. The Labute approximate surface area is 257 Å². The molecule has 3 aromatic carbocycles. The normalized spacial score (nSPS) is 13.9. The van der Waals surface area contributed by atoms with E-state index in [2.05, 4.69) is 36.4 Å². The van der Waals surface area contributed by atoms with Gasteiger partial charge in [0, 0.05) is 54.4 Å². The van der Waals surface area contributed by atoms with Crippen molar-refractivity contribution in [2.45, 2.75) is 52.1 Å². The van der Waals surface area contributed by atoms with E-state index in [0.29, 0.717) is 54.1 Å². The van der Waals surface area contributed by atoms with E-state index in [9.17, 15) is 19.5 Å². The Bertz CT molecular complexity index is 1750. The second kappa shape index (κ2) is 12.5. The number of aromatic nitrogens is 2. The number of aryl methyl sites for hydroxylation is 1. The highest BCUT2D eigenvalue weighted by Crippen LogP contribution is 2.30. The van der Waals surface area contributed by atoms with E-state index in [0.717, 1.165) is 16.7 Å². The molecule has 0 unspecified atom stereocenters. The van der Waals surface area contributed by atoms with Crippen molar-refractivity contribution >= 4 is 29.0 Å². The molecule has 1 aliphatic rings. The maximum absolute atomic E-state index is 13.4. The fourth-order valence-corrected chi connectivity index (χ4v) is 5.48. The predicted molar refractivity (Wildman–Crippen MR) is 174 cm³/mol. The molecular formula is C35H39N5O4. The molecular weight excluding hydrogens is 554 g/mol. The molecule has 228 valence electrons. The summed E-state index contributed by atoms with van der Waals surface area (Å²) >= 11 is 0. The van der Waals surface area contributed by atoms with Gasteiger partial charge in [0.25, 0.3) is 17.4 Å². The first kappa shape index (κ1) is 30.7. The number of aliphatic hydroxyl groups excluding tert-OH is 1. The number of hydrogen-bond donors (Lipinski definition) is 3. The molecule has 0 radical (unpaired) electrons. The maximum atomic E-state index is 13.4. The number of likely N-dealkylation sites (tertiary alicyclic amines) is 1. The van der Waals surface area contributed by atoms with Crippen LogP contribution in [-0.4, -0.2) is 50.6 Å². The summed E-state index contributed by atoms with van der Waals surface area (Å²) in [6.07, 6.45) is 2.48. The smallest absolute Gasteiger partial charge is 0.293 e. The molecule has 44 heavy (non-hydrogen) atoms. The van der Waals surface area contributed by atoms with Gasteiger partial charge in [-0.05, 0) is 72.7 Å². The first-order valence-corrected chi connectivity index (χ1v) is 14.9. The average molecular weight is 594 g/mol. The third kappa shape index (κ3) is 6.58. The summed E-state index contributed by atoms with van der Waals surface area (Å²) in [6.45, 7) is 9.22. The molecule has 2 amide bonds. The van der Waals surface area contributed by atoms with E-state index in [1.165, 1.54) is 4.57 Å². The lowest BCUT2D eigenvalue weighted by Gasteiger charge is -2.29. The van der Waals surface area contributed by atoms with Gasteiger partial charge in [-0.1, -0.05) is 51.1 Å². The number of hydrogen-bond acceptors (Lipinski definition) is 6. The Balaban J connectivity index is 1.38. The number of amides is 2. The fraction of sp³-hybridized carbons (Fsp3) is 0.314. The Kier molecular flexibility index (Phi) is 8.69. The molecule has 1 aromatic heterocycles. The van der Waals surface area contributed by atoms with Crippen molar-refractivity contribution in [3.05, 3.63) is 106 Å². The topological polar surface area (TPSA) is 117 Å². The SMILES string of the molecule is Cc1c(NC(=O)c2ccccc2C(C)(C)C)cccc1-c1cn(C)c(=O)c(Nc2ccc(C(=O)N3CCC(O)CC3)cc2)n1. The minimum Gasteiger partial charge on any atom is -0.393 e. The molecule has 0 spiro atoms. The van der Waals surface area contributed by atoms with Gasteiger partial charge in [0.1, 0.15) is 0 Å². The monoisotopic (exact) mass is 593 g/mol. The molecule has 5 rings (SSSR count). The summed E-state index contributed by atoms with van der Waals surface area (Å²) in [4.78, 5) is 45.7. The van der Waals surface area contributed by atoms with E-state index >= 15 is 0 Å². The van der Waals surface area contributed by atoms with E-state index in [4.69, 9.17) is 0 Å². The summed E-state index contributed by atoms with van der Waals surface area (Å²) in [5.74, 6) is -0.128. The van der Waals surface area contributed by atoms with Crippen molar-refractivity contribution in [3.8, 4) is 11.3 Å². The van der Waals surface area contributed by atoms with Crippen LogP contribution >= 0.6 is 0 Å². The number of nitrogens with one attached hydrogen (secondary N) is 2. The number of carbonyl (C=O) groups is 2. The first-order chi connectivity index (χ1) is 20.9. The summed E-state index contributed by atoms with van der Waals surface area (Å²) in [5, 5.41) is 15.9. The first-order valence-electron chi connectivity index (χ1n) is 14.9. The molecule has 0 bridgehead atoms. The van der Waals surface area contributed by atoms with Crippen molar-refractivity contribution in [2.75, 3.05) is 23.7 Å². The third-order valence-electron chi connectivity index (χ3n) is 8.06. The number of benzene rings is 3. The van der Waals surface area contributed by atoms with Crippen LogP contribution in [0.3, 0.4) is 0 Å². The zero-order valence-corrected chi connectivity index (χ0v) is 25.8. The summed E-state index contributed by atoms with van der Waals surface area (Å²) in [5.41, 5.74) is 5.07. The van der Waals surface area contributed by atoms with Gasteiger partial charge in [-0.3, -0.25) is 14.4 Å². The number of nitrogens with zero attached hydrogens (tertiary/aromatic N) is 3. The zero-order valence-electron chi connectivity index (χ0n) is 25.8. The van der Waals surface area contributed by atoms with Gasteiger partial charge in [0.2, 0.25) is 0 Å². The van der Waals surface area contributed by atoms with E-state index in [1.54, 1.807) is 42.4 Å². The van der Waals surface area contributed by atoms with Gasteiger partial charge >= 0.3 is 0 Å². The van der Waals surface area contributed by atoms with Gasteiger partial charge in [0.15, 0.2) is 5.82 Å². The Morgan fingerprint density at radius 2 is 1.64 bits per heavy atom. The summed E-state index contributed by atoms with van der Waals surface area (Å²) in [6, 6.07) is 20.2. The summed E-state index contributed by atoms with van der Waals surface area (Å²) < 4.78 is 1.47. The summed E-state index contributed by atoms with van der Waals surface area (Å²) in [7, 11) is 1.67. The molecule has 1 saturated heterocycles. The van der Waals surface area contributed by atoms with Crippen LogP contribution in [0.2, 0.25) is 0 Å². The van der Waals surface area contributed by atoms with Crippen molar-refractivity contribution in [1.82, 2.24) is 14.5 Å². The second-order valence-electron chi connectivity index (χ2n) is 12.3. The van der Waals surface area contributed by atoms with Gasteiger partial charge in [-0.25, -0.2) is 4.98 Å². The van der Waals surface area contributed by atoms with Crippen LogP contribution in [0.1, 0.15) is 65.5 Å². The number of piperidine rings is 1. The minimum absolute atomic E-state index is 0.0798. The maximum Gasteiger partial charge on any atom is 0.293 e. The highest BCUT2D eigenvalue weighted by atomic mass is 16.3. The molecule has 2 heterocycles. The van der Waals surface area contributed by atoms with Gasteiger partial charge < -0.3 is 25.2 Å². The van der Waals surface area contributed by atoms with Crippen molar-refractivity contribution in [2.24, 2.45) is 7.05 Å². The van der Waals surface area contributed by atoms with Gasteiger partial charge in [-0.2, -0.15) is 0 Å². The molecule has 3 N–H and O–H groups in total. The standard InChI is InChI=1S/C35H39N5O4/c1-22-26(10-8-12-29(22)38-32(42)27-9-6-7-11-28(27)35(2,3)4)30-21-39(5)34(44)31(37-30)36-24-15-13-23(14-16-24)33(43)40-19-17-25(41)18-20-40/h6-16,21,25,41H,17-20H2,1-5H3,(H,36,37)(H,38,42). The molecule has 4 aromatic rings. The fourth-order valence-electron chi connectivity index (χ4n) is 5.48. The van der Waals surface area contributed by atoms with Crippen molar-refractivity contribution < 1.29 is 14.7 Å². The number of rotatable bonds is 6. The van der Waals surface area contributed by atoms with Crippen LogP contribution in [0, 0.1) is 6.92 Å². The Morgan fingerprint density at radius 3 is 2.32 bits per heavy atom. The number of carbonyl (C=O) groups excluding carboxylic acids is 2.